The monoisotopic (exact) mass is 469 g/mol. The molecule has 1 aliphatic carbocycles. The van der Waals surface area contributed by atoms with E-state index in [0.29, 0.717) is 27.3 Å². The maximum atomic E-state index is 12.6. The maximum absolute atomic E-state index is 12.6. The summed E-state index contributed by atoms with van der Waals surface area (Å²) in [6, 6.07) is 11.2. The van der Waals surface area contributed by atoms with E-state index in [-0.39, 0.29) is 10.9 Å². The minimum absolute atomic E-state index is 0.129. The number of thiocarbonyl (C=S) groups is 1. The summed E-state index contributed by atoms with van der Waals surface area (Å²) in [6.45, 7) is 4.14. The highest BCUT2D eigenvalue weighted by Crippen LogP contribution is 2.39. The molecular formula is C23H20ClN3O2S2. The number of rotatable bonds is 3. The quantitative estimate of drug-likeness (QED) is 0.453. The molecule has 0 radical (unpaired) electrons. The van der Waals surface area contributed by atoms with Crippen LogP contribution < -0.4 is 10.6 Å². The number of anilines is 1. The summed E-state index contributed by atoms with van der Waals surface area (Å²) in [6.07, 6.45) is 2.94. The Bertz CT molecular complexity index is 1220. The molecule has 2 heterocycles. The van der Waals surface area contributed by atoms with E-state index in [1.165, 1.54) is 16.2 Å². The first kappa shape index (κ1) is 21.6. The fourth-order valence-electron chi connectivity index (χ4n) is 3.62. The number of amides is 1. The first-order valence-electron chi connectivity index (χ1n) is 9.89. The number of thiophene rings is 1. The van der Waals surface area contributed by atoms with Crippen LogP contribution in [0.4, 0.5) is 5.00 Å². The molecule has 0 fully saturated rings. The van der Waals surface area contributed by atoms with Gasteiger partial charge in [0.05, 0.1) is 5.56 Å². The van der Waals surface area contributed by atoms with E-state index in [1.54, 1.807) is 18.2 Å². The zero-order chi connectivity index (χ0) is 22.1. The summed E-state index contributed by atoms with van der Waals surface area (Å²) < 4.78 is 5.69. The Labute approximate surface area is 195 Å². The molecule has 31 heavy (non-hydrogen) atoms. The van der Waals surface area contributed by atoms with Crippen LogP contribution in [0.3, 0.4) is 0 Å². The molecule has 158 valence electrons. The molecule has 1 aliphatic rings. The topological polar surface area (TPSA) is 78.1 Å². The number of hydrogen-bond acceptors (Lipinski definition) is 5. The molecule has 3 aromatic rings. The number of fused-ring (bicyclic) bond motifs is 1. The number of carbonyl (C=O) groups excluding carboxylic acids is 1. The standard InChI is InChI=1S/C23H20ClN3O2S2/c1-12-3-6-15-16(11-25)22(31-20(15)9-12)27-23(30)26-21(28)19-8-7-18(29-19)14-5-4-13(2)17(24)10-14/h4-5,7-8,10,12H,3,6,9H2,1-2H3,(H2,26,27,28,30)/t12-/m0/s1. The van der Waals surface area contributed by atoms with E-state index in [2.05, 4.69) is 23.6 Å². The third-order valence-electron chi connectivity index (χ3n) is 5.36. The molecule has 8 heteroatoms. The van der Waals surface area contributed by atoms with Gasteiger partial charge in [0.2, 0.25) is 0 Å². The van der Waals surface area contributed by atoms with Crippen molar-refractivity contribution in [3.63, 3.8) is 0 Å². The molecule has 1 atom stereocenters. The van der Waals surface area contributed by atoms with Crippen LogP contribution in [-0.2, 0) is 12.8 Å². The van der Waals surface area contributed by atoms with E-state index >= 15 is 0 Å². The Morgan fingerprint density at radius 3 is 2.90 bits per heavy atom. The SMILES string of the molecule is Cc1ccc(-c2ccc(C(=O)NC(=S)Nc3sc4c(c3C#N)CC[C@H](C)C4)o2)cc1Cl. The lowest BCUT2D eigenvalue weighted by Crippen LogP contribution is -2.33. The van der Waals surface area contributed by atoms with E-state index < -0.39 is 5.91 Å². The summed E-state index contributed by atoms with van der Waals surface area (Å²) in [5, 5.41) is 16.7. The van der Waals surface area contributed by atoms with Gasteiger partial charge in [0.25, 0.3) is 5.91 Å². The highest BCUT2D eigenvalue weighted by atomic mass is 35.5. The molecule has 0 saturated heterocycles. The van der Waals surface area contributed by atoms with Crippen molar-refractivity contribution in [2.24, 2.45) is 5.92 Å². The van der Waals surface area contributed by atoms with Crippen LogP contribution in [-0.4, -0.2) is 11.0 Å². The molecule has 0 saturated carbocycles. The number of hydrogen-bond donors (Lipinski definition) is 2. The predicted octanol–water partition coefficient (Wildman–Crippen LogP) is 6.09. The van der Waals surface area contributed by atoms with Crippen LogP contribution in [0.15, 0.2) is 34.7 Å². The Morgan fingerprint density at radius 1 is 1.35 bits per heavy atom. The van der Waals surface area contributed by atoms with Gasteiger partial charge in [-0.2, -0.15) is 5.26 Å². The van der Waals surface area contributed by atoms with Crippen molar-refractivity contribution < 1.29 is 9.21 Å². The van der Waals surface area contributed by atoms with Crippen molar-refractivity contribution in [3.05, 3.63) is 62.7 Å². The first-order chi connectivity index (χ1) is 14.9. The molecule has 5 nitrogen and oxygen atoms in total. The van der Waals surface area contributed by atoms with Crippen LogP contribution in [0.1, 0.15) is 45.5 Å². The van der Waals surface area contributed by atoms with E-state index in [9.17, 15) is 10.1 Å². The molecule has 0 aliphatic heterocycles. The molecule has 0 spiro atoms. The van der Waals surface area contributed by atoms with Gasteiger partial charge in [0, 0.05) is 15.5 Å². The first-order valence-corrected chi connectivity index (χ1v) is 11.5. The summed E-state index contributed by atoms with van der Waals surface area (Å²) in [4.78, 5) is 13.8. The van der Waals surface area contributed by atoms with Gasteiger partial charge in [-0.1, -0.05) is 30.7 Å². The molecule has 0 bridgehead atoms. The second-order valence-corrected chi connectivity index (χ2v) is 9.62. The molecule has 2 N–H and O–H groups in total. The van der Waals surface area contributed by atoms with Crippen molar-refractivity contribution >= 4 is 51.2 Å². The number of benzene rings is 1. The lowest BCUT2D eigenvalue weighted by molar-refractivity contribution is 0.0951. The number of nitriles is 1. The molecule has 1 aromatic carbocycles. The molecule has 2 aromatic heterocycles. The Hall–Kier alpha value is -2.66. The summed E-state index contributed by atoms with van der Waals surface area (Å²) in [5.41, 5.74) is 3.48. The van der Waals surface area contributed by atoms with Gasteiger partial charge in [0.15, 0.2) is 10.9 Å². The van der Waals surface area contributed by atoms with Crippen molar-refractivity contribution in [2.45, 2.75) is 33.1 Å². The minimum atomic E-state index is -0.463. The average molecular weight is 470 g/mol. The normalized spacial score (nSPS) is 15.1. The fraction of sp³-hybridized carbons (Fsp3) is 0.261. The maximum Gasteiger partial charge on any atom is 0.293 e. The smallest absolute Gasteiger partial charge is 0.293 e. The Kier molecular flexibility index (Phi) is 6.15. The second-order valence-electron chi connectivity index (χ2n) is 7.70. The Morgan fingerprint density at radius 2 is 2.16 bits per heavy atom. The van der Waals surface area contributed by atoms with Gasteiger partial charge in [-0.25, -0.2) is 0 Å². The van der Waals surface area contributed by atoms with E-state index in [0.717, 1.165) is 36.0 Å². The molecule has 1 amide bonds. The van der Waals surface area contributed by atoms with Crippen LogP contribution in [0.2, 0.25) is 5.02 Å². The summed E-state index contributed by atoms with van der Waals surface area (Å²) in [5.74, 6) is 0.817. The lowest BCUT2D eigenvalue weighted by atomic mass is 9.89. The van der Waals surface area contributed by atoms with Gasteiger partial charge in [-0.05, 0) is 73.6 Å². The highest BCUT2D eigenvalue weighted by Gasteiger charge is 2.24. The summed E-state index contributed by atoms with van der Waals surface area (Å²) in [7, 11) is 0. The van der Waals surface area contributed by atoms with E-state index in [1.807, 2.05) is 19.1 Å². The van der Waals surface area contributed by atoms with Gasteiger partial charge in [-0.3, -0.25) is 10.1 Å². The fourth-order valence-corrected chi connectivity index (χ4v) is 5.42. The van der Waals surface area contributed by atoms with Crippen molar-refractivity contribution in [3.8, 4) is 17.4 Å². The minimum Gasteiger partial charge on any atom is -0.451 e. The van der Waals surface area contributed by atoms with Gasteiger partial charge in [-0.15, -0.1) is 11.3 Å². The molecule has 0 unspecified atom stereocenters. The highest BCUT2D eigenvalue weighted by molar-refractivity contribution is 7.80. The van der Waals surface area contributed by atoms with Crippen LogP contribution in [0.25, 0.3) is 11.3 Å². The number of nitrogens with zero attached hydrogens (tertiary/aromatic N) is 1. The average Bonchev–Trinajstić information content (AvgIpc) is 3.34. The zero-order valence-electron chi connectivity index (χ0n) is 17.0. The zero-order valence-corrected chi connectivity index (χ0v) is 19.4. The lowest BCUT2D eigenvalue weighted by Gasteiger charge is -2.17. The number of nitrogens with one attached hydrogen (secondary N) is 2. The number of aryl methyl sites for hydroxylation is 1. The van der Waals surface area contributed by atoms with Crippen LogP contribution in [0.5, 0.6) is 0 Å². The van der Waals surface area contributed by atoms with Gasteiger partial charge in [0.1, 0.15) is 16.8 Å². The molecule has 4 rings (SSSR count). The number of halogens is 1. The van der Waals surface area contributed by atoms with Gasteiger partial charge >= 0.3 is 0 Å². The second kappa shape index (κ2) is 8.83. The Balaban J connectivity index is 1.45. The predicted molar refractivity (Wildman–Crippen MR) is 128 cm³/mol. The van der Waals surface area contributed by atoms with Crippen molar-refractivity contribution in [1.29, 1.82) is 5.26 Å². The van der Waals surface area contributed by atoms with Crippen molar-refractivity contribution in [1.82, 2.24) is 5.32 Å². The molecular weight excluding hydrogens is 450 g/mol. The van der Waals surface area contributed by atoms with Crippen LogP contribution >= 0.6 is 35.2 Å². The summed E-state index contributed by atoms with van der Waals surface area (Å²) >= 11 is 13.0. The van der Waals surface area contributed by atoms with E-state index in [4.69, 9.17) is 28.2 Å². The third-order valence-corrected chi connectivity index (χ3v) is 7.14. The van der Waals surface area contributed by atoms with Gasteiger partial charge < -0.3 is 9.73 Å². The largest absolute Gasteiger partial charge is 0.451 e. The number of carbonyl (C=O) groups is 1. The number of furan rings is 1. The third kappa shape index (κ3) is 4.52. The van der Waals surface area contributed by atoms with Crippen LogP contribution in [0, 0.1) is 24.2 Å². The van der Waals surface area contributed by atoms with Crippen molar-refractivity contribution in [2.75, 3.05) is 5.32 Å².